The molecule has 1 aromatic carbocycles. The van der Waals surface area contributed by atoms with Gasteiger partial charge >= 0.3 is 0 Å². The number of phenols is 1. The van der Waals surface area contributed by atoms with Crippen LogP contribution < -0.4 is 5.32 Å². The Bertz CT molecular complexity index is 476. The zero-order valence-electron chi connectivity index (χ0n) is 12.7. The minimum atomic E-state index is -0.266. The van der Waals surface area contributed by atoms with Gasteiger partial charge in [0.1, 0.15) is 5.75 Å². The van der Waals surface area contributed by atoms with E-state index in [4.69, 9.17) is 4.74 Å². The standard InChI is InChI=1S/C16H24N2O3/c1-12(2)10-18-7-8-21-13(11-18)9-17-16(20)14-5-3-4-6-15(14)19/h3-6,12-13,19H,7-11H2,1-2H3,(H,17,20). The number of rotatable bonds is 5. The Morgan fingerprint density at radius 3 is 2.95 bits per heavy atom. The second-order valence-corrected chi connectivity index (χ2v) is 5.87. The molecule has 1 atom stereocenters. The Morgan fingerprint density at radius 1 is 1.48 bits per heavy atom. The van der Waals surface area contributed by atoms with Crippen molar-refractivity contribution in [3.8, 4) is 5.75 Å². The Labute approximate surface area is 125 Å². The number of benzene rings is 1. The average Bonchev–Trinajstić information content (AvgIpc) is 2.45. The van der Waals surface area contributed by atoms with E-state index in [9.17, 15) is 9.90 Å². The molecule has 21 heavy (non-hydrogen) atoms. The zero-order valence-corrected chi connectivity index (χ0v) is 12.7. The molecule has 1 fully saturated rings. The van der Waals surface area contributed by atoms with E-state index in [1.54, 1.807) is 18.2 Å². The number of morpholine rings is 1. The smallest absolute Gasteiger partial charge is 0.255 e. The highest BCUT2D eigenvalue weighted by Gasteiger charge is 2.21. The van der Waals surface area contributed by atoms with Gasteiger partial charge in [0.25, 0.3) is 5.91 Å². The number of nitrogens with one attached hydrogen (secondary N) is 1. The van der Waals surface area contributed by atoms with E-state index in [1.807, 2.05) is 0 Å². The highest BCUT2D eigenvalue weighted by molar-refractivity contribution is 5.96. The van der Waals surface area contributed by atoms with Crippen molar-refractivity contribution in [2.24, 2.45) is 5.92 Å². The maximum Gasteiger partial charge on any atom is 0.255 e. The predicted octanol–water partition coefficient (Wildman–Crippen LogP) is 1.48. The van der Waals surface area contributed by atoms with Crippen LogP contribution in [0.5, 0.6) is 5.75 Å². The Hall–Kier alpha value is -1.59. The van der Waals surface area contributed by atoms with Crippen molar-refractivity contribution >= 4 is 5.91 Å². The number of carbonyl (C=O) groups excluding carboxylic acids is 1. The third kappa shape index (κ3) is 4.72. The van der Waals surface area contributed by atoms with Crippen LogP contribution in [0.1, 0.15) is 24.2 Å². The first kappa shape index (κ1) is 15.8. The molecule has 0 aromatic heterocycles. The SMILES string of the molecule is CC(C)CN1CCOC(CNC(=O)c2ccccc2O)C1. The molecule has 1 saturated heterocycles. The summed E-state index contributed by atoms with van der Waals surface area (Å²) < 4.78 is 5.69. The van der Waals surface area contributed by atoms with Gasteiger partial charge in [-0.25, -0.2) is 0 Å². The van der Waals surface area contributed by atoms with E-state index >= 15 is 0 Å². The van der Waals surface area contributed by atoms with Crippen molar-refractivity contribution in [3.63, 3.8) is 0 Å². The molecule has 1 unspecified atom stereocenters. The van der Waals surface area contributed by atoms with Gasteiger partial charge in [-0.3, -0.25) is 9.69 Å². The van der Waals surface area contributed by atoms with Gasteiger partial charge in [0.05, 0.1) is 18.3 Å². The largest absolute Gasteiger partial charge is 0.507 e. The third-order valence-corrected chi connectivity index (χ3v) is 3.49. The molecule has 1 heterocycles. The van der Waals surface area contributed by atoms with Crippen LogP contribution in [-0.2, 0) is 4.74 Å². The second kappa shape index (κ2) is 7.43. The molecule has 2 N–H and O–H groups in total. The van der Waals surface area contributed by atoms with Crippen molar-refractivity contribution in [2.75, 3.05) is 32.8 Å². The number of phenolic OH excluding ortho intramolecular Hbond substituents is 1. The molecule has 1 amide bonds. The molecule has 116 valence electrons. The normalized spacial score (nSPS) is 19.7. The Balaban J connectivity index is 1.82. The number of amides is 1. The molecule has 0 aliphatic carbocycles. The highest BCUT2D eigenvalue weighted by Crippen LogP contribution is 2.15. The summed E-state index contributed by atoms with van der Waals surface area (Å²) in [5.41, 5.74) is 0.298. The molecule has 0 saturated carbocycles. The quantitative estimate of drug-likeness (QED) is 0.863. The van der Waals surface area contributed by atoms with Crippen molar-refractivity contribution in [1.82, 2.24) is 10.2 Å². The predicted molar refractivity (Wildman–Crippen MR) is 81.5 cm³/mol. The molecule has 1 aliphatic heterocycles. The van der Waals surface area contributed by atoms with Crippen LogP contribution in [0.3, 0.4) is 0 Å². The summed E-state index contributed by atoms with van der Waals surface area (Å²) in [6, 6.07) is 6.55. The first-order valence-corrected chi connectivity index (χ1v) is 7.46. The number of nitrogens with zero attached hydrogens (tertiary/aromatic N) is 1. The first-order chi connectivity index (χ1) is 10.1. The fourth-order valence-corrected chi connectivity index (χ4v) is 2.55. The summed E-state index contributed by atoms with van der Waals surface area (Å²) in [4.78, 5) is 14.4. The maximum atomic E-state index is 12.0. The minimum Gasteiger partial charge on any atom is -0.507 e. The van der Waals surface area contributed by atoms with Gasteiger partial charge < -0.3 is 15.2 Å². The summed E-state index contributed by atoms with van der Waals surface area (Å²) in [5.74, 6) is 0.360. The second-order valence-electron chi connectivity index (χ2n) is 5.87. The minimum absolute atomic E-state index is 0.000923. The van der Waals surface area contributed by atoms with Crippen molar-refractivity contribution in [1.29, 1.82) is 0 Å². The van der Waals surface area contributed by atoms with E-state index < -0.39 is 0 Å². The van der Waals surface area contributed by atoms with Gasteiger partial charge in [0.15, 0.2) is 0 Å². The molecular formula is C16H24N2O3. The molecule has 0 bridgehead atoms. The lowest BCUT2D eigenvalue weighted by atomic mass is 10.1. The van der Waals surface area contributed by atoms with Crippen LogP contribution in [0.25, 0.3) is 0 Å². The molecular weight excluding hydrogens is 268 g/mol. The topological polar surface area (TPSA) is 61.8 Å². The van der Waals surface area contributed by atoms with Crippen LogP contribution in [-0.4, -0.2) is 54.8 Å². The van der Waals surface area contributed by atoms with Crippen molar-refractivity contribution < 1.29 is 14.6 Å². The lowest BCUT2D eigenvalue weighted by Crippen LogP contribution is -2.48. The lowest BCUT2D eigenvalue weighted by molar-refractivity contribution is -0.0295. The molecule has 0 radical (unpaired) electrons. The van der Waals surface area contributed by atoms with Crippen LogP contribution in [0, 0.1) is 5.92 Å². The molecule has 2 rings (SSSR count). The van der Waals surface area contributed by atoms with Crippen molar-refractivity contribution in [3.05, 3.63) is 29.8 Å². The maximum absolute atomic E-state index is 12.0. The van der Waals surface area contributed by atoms with Crippen LogP contribution >= 0.6 is 0 Å². The van der Waals surface area contributed by atoms with Gasteiger partial charge in [0, 0.05) is 26.2 Å². The van der Waals surface area contributed by atoms with E-state index in [0.29, 0.717) is 24.6 Å². The van der Waals surface area contributed by atoms with E-state index in [-0.39, 0.29) is 17.8 Å². The molecule has 1 aromatic rings. The van der Waals surface area contributed by atoms with Crippen molar-refractivity contribution in [2.45, 2.75) is 20.0 Å². The summed E-state index contributed by atoms with van der Waals surface area (Å²) in [6.45, 7) is 8.38. The number of para-hydroxylation sites is 1. The van der Waals surface area contributed by atoms with E-state index in [1.165, 1.54) is 6.07 Å². The lowest BCUT2D eigenvalue weighted by Gasteiger charge is -2.33. The van der Waals surface area contributed by atoms with Crippen LogP contribution in [0.4, 0.5) is 0 Å². The van der Waals surface area contributed by atoms with Gasteiger partial charge in [-0.05, 0) is 18.1 Å². The molecule has 5 nitrogen and oxygen atoms in total. The van der Waals surface area contributed by atoms with Crippen LogP contribution in [0.2, 0.25) is 0 Å². The summed E-state index contributed by atoms with van der Waals surface area (Å²) in [6.07, 6.45) is 0.00676. The third-order valence-electron chi connectivity index (χ3n) is 3.49. The molecule has 1 aliphatic rings. The van der Waals surface area contributed by atoms with Gasteiger partial charge in [0.2, 0.25) is 0 Å². The average molecular weight is 292 g/mol. The fourth-order valence-electron chi connectivity index (χ4n) is 2.55. The number of hydrogen-bond donors (Lipinski definition) is 2. The number of hydrogen-bond acceptors (Lipinski definition) is 4. The number of carbonyl (C=O) groups is 1. The van der Waals surface area contributed by atoms with Gasteiger partial charge in [-0.15, -0.1) is 0 Å². The highest BCUT2D eigenvalue weighted by atomic mass is 16.5. The Kier molecular flexibility index (Phi) is 5.59. The van der Waals surface area contributed by atoms with Gasteiger partial charge in [-0.2, -0.15) is 0 Å². The van der Waals surface area contributed by atoms with Gasteiger partial charge in [-0.1, -0.05) is 26.0 Å². The summed E-state index contributed by atoms with van der Waals surface area (Å²) in [7, 11) is 0. The summed E-state index contributed by atoms with van der Waals surface area (Å²) >= 11 is 0. The molecule has 0 spiro atoms. The van der Waals surface area contributed by atoms with Crippen LogP contribution in [0.15, 0.2) is 24.3 Å². The Morgan fingerprint density at radius 2 is 2.24 bits per heavy atom. The zero-order chi connectivity index (χ0) is 15.2. The van der Waals surface area contributed by atoms with E-state index in [0.717, 1.165) is 19.6 Å². The number of aromatic hydroxyl groups is 1. The number of ether oxygens (including phenoxy) is 1. The monoisotopic (exact) mass is 292 g/mol. The van der Waals surface area contributed by atoms with E-state index in [2.05, 4.69) is 24.1 Å². The molecule has 5 heteroatoms. The first-order valence-electron chi connectivity index (χ1n) is 7.46. The fraction of sp³-hybridized carbons (Fsp3) is 0.562. The summed E-state index contributed by atoms with van der Waals surface area (Å²) in [5, 5.41) is 12.5.